The van der Waals surface area contributed by atoms with Gasteiger partial charge < -0.3 is 5.32 Å². The molecule has 1 N–H and O–H groups in total. The molecule has 0 aliphatic heterocycles. The van der Waals surface area contributed by atoms with Crippen LogP contribution < -0.4 is 5.32 Å². The maximum atomic E-state index is 6.07. The van der Waals surface area contributed by atoms with E-state index in [2.05, 4.69) is 22.6 Å². The number of thiazole rings is 1. The first-order valence-electron chi connectivity index (χ1n) is 6.66. The lowest BCUT2D eigenvalue weighted by atomic mass is 10.0. The third kappa shape index (κ3) is 4.45. The standard InChI is InChI=1S/C15H18Cl2N2S/c1-3-18-12(8-13-9-20-10(2)19-13)6-11-4-5-14(16)15(17)7-11/h4-5,7,9,12,18H,3,6,8H2,1-2H3. The van der Waals surface area contributed by atoms with Crippen molar-refractivity contribution in [3.05, 3.63) is 49.9 Å². The number of likely N-dealkylation sites (N-methyl/N-ethyl adjacent to an activating group) is 1. The van der Waals surface area contributed by atoms with Gasteiger partial charge in [-0.1, -0.05) is 36.2 Å². The summed E-state index contributed by atoms with van der Waals surface area (Å²) in [4.78, 5) is 4.54. The third-order valence-corrected chi connectivity index (χ3v) is 4.64. The van der Waals surface area contributed by atoms with Crippen molar-refractivity contribution in [3.8, 4) is 0 Å². The Kier molecular flexibility index (Phi) is 5.85. The largest absolute Gasteiger partial charge is 0.314 e. The Morgan fingerprint density at radius 2 is 2.05 bits per heavy atom. The smallest absolute Gasteiger partial charge is 0.0897 e. The second-order valence-corrected chi connectivity index (χ2v) is 6.65. The van der Waals surface area contributed by atoms with Gasteiger partial charge in [-0.25, -0.2) is 4.98 Å². The molecule has 2 nitrogen and oxygen atoms in total. The fourth-order valence-electron chi connectivity index (χ4n) is 2.21. The molecule has 0 saturated carbocycles. The number of aryl methyl sites for hydroxylation is 1. The molecule has 0 saturated heterocycles. The first kappa shape index (κ1) is 15.8. The quantitative estimate of drug-likeness (QED) is 0.843. The van der Waals surface area contributed by atoms with Crippen molar-refractivity contribution in [2.24, 2.45) is 0 Å². The van der Waals surface area contributed by atoms with Gasteiger partial charge in [0.25, 0.3) is 0 Å². The Morgan fingerprint density at radius 1 is 1.25 bits per heavy atom. The topological polar surface area (TPSA) is 24.9 Å². The van der Waals surface area contributed by atoms with Crippen LogP contribution in [0.2, 0.25) is 10.0 Å². The molecule has 0 amide bonds. The summed E-state index contributed by atoms with van der Waals surface area (Å²) in [7, 11) is 0. The van der Waals surface area contributed by atoms with Crippen LogP contribution >= 0.6 is 34.5 Å². The van der Waals surface area contributed by atoms with Crippen LogP contribution in [-0.4, -0.2) is 17.6 Å². The molecule has 1 aromatic carbocycles. The molecule has 2 rings (SSSR count). The minimum absolute atomic E-state index is 0.360. The van der Waals surface area contributed by atoms with Crippen molar-refractivity contribution in [2.75, 3.05) is 6.54 Å². The monoisotopic (exact) mass is 328 g/mol. The molecule has 0 radical (unpaired) electrons. The van der Waals surface area contributed by atoms with E-state index in [1.165, 1.54) is 5.56 Å². The SMILES string of the molecule is CCNC(Cc1ccc(Cl)c(Cl)c1)Cc1csc(C)n1. The zero-order valence-electron chi connectivity index (χ0n) is 11.6. The number of aromatic nitrogens is 1. The molecule has 1 unspecified atom stereocenters. The van der Waals surface area contributed by atoms with Crippen molar-refractivity contribution < 1.29 is 0 Å². The Hall–Kier alpha value is -0.610. The molecule has 20 heavy (non-hydrogen) atoms. The van der Waals surface area contributed by atoms with Gasteiger partial charge in [-0.15, -0.1) is 11.3 Å². The number of benzene rings is 1. The molecule has 2 aromatic rings. The summed E-state index contributed by atoms with van der Waals surface area (Å²) >= 11 is 13.7. The van der Waals surface area contributed by atoms with Gasteiger partial charge >= 0.3 is 0 Å². The maximum absolute atomic E-state index is 6.07. The van der Waals surface area contributed by atoms with Crippen molar-refractivity contribution in [2.45, 2.75) is 32.7 Å². The second-order valence-electron chi connectivity index (χ2n) is 4.77. The van der Waals surface area contributed by atoms with E-state index in [-0.39, 0.29) is 0 Å². The molecule has 0 aliphatic rings. The predicted molar refractivity (Wildman–Crippen MR) is 88.2 cm³/mol. The van der Waals surface area contributed by atoms with E-state index in [9.17, 15) is 0 Å². The molecular weight excluding hydrogens is 311 g/mol. The number of hydrogen-bond donors (Lipinski definition) is 1. The average molecular weight is 329 g/mol. The molecule has 108 valence electrons. The van der Waals surface area contributed by atoms with Crippen molar-refractivity contribution in [1.29, 1.82) is 0 Å². The molecule has 1 atom stereocenters. The van der Waals surface area contributed by atoms with Gasteiger partial charge in [0.15, 0.2) is 0 Å². The van der Waals surface area contributed by atoms with Gasteiger partial charge in [0.05, 0.1) is 20.7 Å². The highest BCUT2D eigenvalue weighted by molar-refractivity contribution is 7.09. The molecule has 0 bridgehead atoms. The van der Waals surface area contributed by atoms with E-state index in [1.54, 1.807) is 11.3 Å². The van der Waals surface area contributed by atoms with Crippen LogP contribution in [0.4, 0.5) is 0 Å². The normalized spacial score (nSPS) is 12.6. The highest BCUT2D eigenvalue weighted by Gasteiger charge is 2.12. The molecule has 1 heterocycles. The lowest BCUT2D eigenvalue weighted by molar-refractivity contribution is 0.517. The first-order chi connectivity index (χ1) is 9.58. The van der Waals surface area contributed by atoms with Crippen LogP contribution in [-0.2, 0) is 12.8 Å². The predicted octanol–water partition coefficient (Wildman–Crippen LogP) is 4.52. The fourth-order valence-corrected chi connectivity index (χ4v) is 3.16. The second kappa shape index (κ2) is 7.41. The summed E-state index contributed by atoms with van der Waals surface area (Å²) in [5.41, 5.74) is 2.34. The highest BCUT2D eigenvalue weighted by atomic mass is 35.5. The van der Waals surface area contributed by atoms with E-state index in [0.717, 1.165) is 30.1 Å². The molecule has 5 heteroatoms. The van der Waals surface area contributed by atoms with Crippen LogP contribution in [0, 0.1) is 6.92 Å². The lowest BCUT2D eigenvalue weighted by Gasteiger charge is -2.17. The molecule has 0 aliphatic carbocycles. The van der Waals surface area contributed by atoms with Crippen LogP contribution in [0.1, 0.15) is 23.2 Å². The lowest BCUT2D eigenvalue weighted by Crippen LogP contribution is -2.33. The highest BCUT2D eigenvalue weighted by Crippen LogP contribution is 2.23. The maximum Gasteiger partial charge on any atom is 0.0897 e. The molecular formula is C15H18Cl2N2S. The van der Waals surface area contributed by atoms with Gasteiger partial charge in [-0.05, 0) is 37.6 Å². The molecule has 0 spiro atoms. The number of halogens is 2. The van der Waals surface area contributed by atoms with Crippen LogP contribution in [0.15, 0.2) is 23.6 Å². The number of rotatable bonds is 6. The summed E-state index contributed by atoms with van der Waals surface area (Å²) in [6.45, 7) is 5.10. The first-order valence-corrected chi connectivity index (χ1v) is 8.30. The van der Waals surface area contributed by atoms with Crippen molar-refractivity contribution >= 4 is 34.5 Å². The minimum atomic E-state index is 0.360. The summed E-state index contributed by atoms with van der Waals surface area (Å²) in [6.07, 6.45) is 1.85. The summed E-state index contributed by atoms with van der Waals surface area (Å²) < 4.78 is 0. The summed E-state index contributed by atoms with van der Waals surface area (Å²) in [6, 6.07) is 6.19. The van der Waals surface area contributed by atoms with Gasteiger partial charge in [-0.3, -0.25) is 0 Å². The van der Waals surface area contributed by atoms with Gasteiger partial charge in [-0.2, -0.15) is 0 Å². The third-order valence-electron chi connectivity index (χ3n) is 3.08. The Morgan fingerprint density at radius 3 is 2.65 bits per heavy atom. The number of nitrogens with one attached hydrogen (secondary N) is 1. The number of hydrogen-bond acceptors (Lipinski definition) is 3. The van der Waals surface area contributed by atoms with Gasteiger partial charge in [0.1, 0.15) is 0 Å². The minimum Gasteiger partial charge on any atom is -0.314 e. The van der Waals surface area contributed by atoms with Crippen LogP contribution in [0.5, 0.6) is 0 Å². The Labute approximate surface area is 134 Å². The number of nitrogens with zero attached hydrogens (tertiary/aromatic N) is 1. The average Bonchev–Trinajstić information content (AvgIpc) is 2.80. The van der Waals surface area contributed by atoms with Crippen molar-refractivity contribution in [3.63, 3.8) is 0 Å². The van der Waals surface area contributed by atoms with E-state index in [1.807, 2.05) is 25.1 Å². The summed E-state index contributed by atoms with van der Waals surface area (Å²) in [5, 5.41) is 7.98. The zero-order valence-corrected chi connectivity index (χ0v) is 13.9. The summed E-state index contributed by atoms with van der Waals surface area (Å²) in [5.74, 6) is 0. The van der Waals surface area contributed by atoms with Crippen molar-refractivity contribution in [1.82, 2.24) is 10.3 Å². The Balaban J connectivity index is 2.06. The van der Waals surface area contributed by atoms with Gasteiger partial charge in [0.2, 0.25) is 0 Å². The Bertz CT molecular complexity index is 569. The van der Waals surface area contributed by atoms with Crippen LogP contribution in [0.25, 0.3) is 0 Å². The van der Waals surface area contributed by atoms with E-state index in [4.69, 9.17) is 23.2 Å². The van der Waals surface area contributed by atoms with Gasteiger partial charge in [0, 0.05) is 17.8 Å². The van der Waals surface area contributed by atoms with E-state index in [0.29, 0.717) is 16.1 Å². The molecule has 0 fully saturated rings. The van der Waals surface area contributed by atoms with E-state index >= 15 is 0 Å². The zero-order chi connectivity index (χ0) is 14.5. The van der Waals surface area contributed by atoms with Crippen LogP contribution in [0.3, 0.4) is 0 Å². The van der Waals surface area contributed by atoms with E-state index < -0.39 is 0 Å². The fraction of sp³-hybridized carbons (Fsp3) is 0.400. The molecule has 1 aromatic heterocycles.